The summed E-state index contributed by atoms with van der Waals surface area (Å²) >= 11 is 0. The Hall–Kier alpha value is -2.42. The van der Waals surface area contributed by atoms with E-state index in [1.807, 2.05) is 19.1 Å². The standard InChI is InChI=1S/C21H23NO5S2/c1-4-21(15-6-10-19(11-7-15)28(3,23)24)22-29(25,26)20-12-8-16-13-18(27-2)9-5-17(16)14-20/h5-14,21-22H,4H2,1-3H3/t21-/m1/s1. The Balaban J connectivity index is 1.89. The van der Waals surface area contributed by atoms with Gasteiger partial charge in [0.25, 0.3) is 0 Å². The van der Waals surface area contributed by atoms with E-state index in [4.69, 9.17) is 4.74 Å². The summed E-state index contributed by atoms with van der Waals surface area (Å²) in [6, 6.07) is 16.2. The van der Waals surface area contributed by atoms with Gasteiger partial charge in [-0.15, -0.1) is 0 Å². The Labute approximate surface area is 171 Å². The molecule has 0 saturated carbocycles. The molecule has 0 aliphatic heterocycles. The normalized spacial score (nSPS) is 13.3. The summed E-state index contributed by atoms with van der Waals surface area (Å²) in [4.78, 5) is 0.366. The zero-order valence-corrected chi connectivity index (χ0v) is 18.0. The van der Waals surface area contributed by atoms with Gasteiger partial charge in [0.15, 0.2) is 9.84 Å². The largest absolute Gasteiger partial charge is 0.497 e. The quantitative estimate of drug-likeness (QED) is 0.614. The highest BCUT2D eigenvalue weighted by Crippen LogP contribution is 2.26. The van der Waals surface area contributed by atoms with Crippen LogP contribution in [0, 0.1) is 0 Å². The van der Waals surface area contributed by atoms with Crippen molar-refractivity contribution in [1.82, 2.24) is 4.72 Å². The van der Waals surface area contributed by atoms with E-state index >= 15 is 0 Å². The molecule has 1 atom stereocenters. The maximum absolute atomic E-state index is 12.9. The molecule has 0 heterocycles. The van der Waals surface area contributed by atoms with Crippen LogP contribution >= 0.6 is 0 Å². The number of nitrogens with one attached hydrogen (secondary N) is 1. The Morgan fingerprint density at radius 3 is 2.03 bits per heavy atom. The second-order valence-electron chi connectivity index (χ2n) is 6.80. The van der Waals surface area contributed by atoms with Crippen molar-refractivity contribution in [2.75, 3.05) is 13.4 Å². The van der Waals surface area contributed by atoms with Gasteiger partial charge in [0.1, 0.15) is 5.75 Å². The van der Waals surface area contributed by atoms with Crippen molar-refractivity contribution in [1.29, 1.82) is 0 Å². The molecule has 0 aliphatic carbocycles. The zero-order valence-electron chi connectivity index (χ0n) is 16.4. The molecular weight excluding hydrogens is 410 g/mol. The first-order valence-electron chi connectivity index (χ1n) is 9.04. The number of hydrogen-bond donors (Lipinski definition) is 1. The molecule has 0 bridgehead atoms. The molecule has 3 rings (SSSR count). The van der Waals surface area contributed by atoms with Crippen molar-refractivity contribution in [3.8, 4) is 5.75 Å². The van der Waals surface area contributed by atoms with Crippen molar-refractivity contribution in [2.24, 2.45) is 0 Å². The van der Waals surface area contributed by atoms with Gasteiger partial charge in [0, 0.05) is 12.3 Å². The zero-order chi connectivity index (χ0) is 21.2. The van der Waals surface area contributed by atoms with Gasteiger partial charge in [0.05, 0.1) is 16.9 Å². The van der Waals surface area contributed by atoms with E-state index < -0.39 is 25.9 Å². The number of rotatable bonds is 7. The van der Waals surface area contributed by atoms with Crippen molar-refractivity contribution >= 4 is 30.6 Å². The summed E-state index contributed by atoms with van der Waals surface area (Å²) in [6.07, 6.45) is 1.65. The Bertz CT molecular complexity index is 1230. The van der Waals surface area contributed by atoms with E-state index in [2.05, 4.69) is 4.72 Å². The van der Waals surface area contributed by atoms with E-state index in [1.54, 1.807) is 43.5 Å². The number of fused-ring (bicyclic) bond motifs is 1. The van der Waals surface area contributed by atoms with Crippen molar-refractivity contribution in [3.05, 3.63) is 66.2 Å². The van der Waals surface area contributed by atoms with Gasteiger partial charge in [-0.3, -0.25) is 0 Å². The minimum Gasteiger partial charge on any atom is -0.497 e. The van der Waals surface area contributed by atoms with Gasteiger partial charge in [-0.25, -0.2) is 21.6 Å². The fourth-order valence-electron chi connectivity index (χ4n) is 3.09. The summed E-state index contributed by atoms with van der Waals surface area (Å²) < 4.78 is 57.0. The number of benzene rings is 3. The minimum atomic E-state index is -3.76. The fourth-order valence-corrected chi connectivity index (χ4v) is 5.06. The predicted octanol–water partition coefficient (Wildman–Crippen LogP) is 3.68. The monoisotopic (exact) mass is 433 g/mol. The lowest BCUT2D eigenvalue weighted by Gasteiger charge is -2.18. The molecule has 3 aromatic rings. The van der Waals surface area contributed by atoms with Crippen LogP contribution < -0.4 is 9.46 Å². The maximum Gasteiger partial charge on any atom is 0.241 e. The molecule has 0 saturated heterocycles. The molecule has 154 valence electrons. The number of methoxy groups -OCH3 is 1. The number of sulfonamides is 1. The summed E-state index contributed by atoms with van der Waals surface area (Å²) in [7, 11) is -5.49. The molecule has 0 radical (unpaired) electrons. The first-order chi connectivity index (χ1) is 13.6. The van der Waals surface area contributed by atoms with Crippen LogP contribution in [0.4, 0.5) is 0 Å². The highest BCUT2D eigenvalue weighted by molar-refractivity contribution is 7.90. The maximum atomic E-state index is 12.9. The Morgan fingerprint density at radius 1 is 0.862 bits per heavy atom. The lowest BCUT2D eigenvalue weighted by molar-refractivity contribution is 0.415. The second kappa shape index (κ2) is 8.14. The topological polar surface area (TPSA) is 89.5 Å². The molecule has 6 nitrogen and oxygen atoms in total. The van der Waals surface area contributed by atoms with Crippen LogP contribution in [0.15, 0.2) is 70.5 Å². The average molecular weight is 434 g/mol. The van der Waals surface area contributed by atoms with Gasteiger partial charge in [-0.05, 0) is 59.2 Å². The molecule has 0 amide bonds. The third-order valence-electron chi connectivity index (χ3n) is 4.75. The van der Waals surface area contributed by atoms with Crippen molar-refractivity contribution in [2.45, 2.75) is 29.2 Å². The van der Waals surface area contributed by atoms with Gasteiger partial charge >= 0.3 is 0 Å². The van der Waals surface area contributed by atoms with Crippen LogP contribution in [0.2, 0.25) is 0 Å². The third kappa shape index (κ3) is 4.77. The highest BCUT2D eigenvalue weighted by atomic mass is 32.2. The lowest BCUT2D eigenvalue weighted by Crippen LogP contribution is -2.28. The minimum absolute atomic E-state index is 0.168. The first-order valence-corrected chi connectivity index (χ1v) is 12.4. The second-order valence-corrected chi connectivity index (χ2v) is 10.5. The first kappa shape index (κ1) is 21.3. The molecule has 0 spiro atoms. The number of sulfone groups is 1. The number of hydrogen-bond acceptors (Lipinski definition) is 5. The van der Waals surface area contributed by atoms with Crippen LogP contribution in [-0.2, 0) is 19.9 Å². The highest BCUT2D eigenvalue weighted by Gasteiger charge is 2.21. The van der Waals surface area contributed by atoms with Crippen LogP contribution in [0.1, 0.15) is 24.9 Å². The summed E-state index contributed by atoms with van der Waals surface area (Å²) in [5.74, 6) is 0.704. The van der Waals surface area contributed by atoms with Gasteiger partial charge in [-0.2, -0.15) is 0 Å². The summed E-state index contributed by atoms with van der Waals surface area (Å²) in [5, 5.41) is 1.67. The summed E-state index contributed by atoms with van der Waals surface area (Å²) in [6.45, 7) is 1.87. The third-order valence-corrected chi connectivity index (χ3v) is 7.34. The number of ether oxygens (including phenoxy) is 1. The lowest BCUT2D eigenvalue weighted by atomic mass is 10.1. The molecule has 1 N–H and O–H groups in total. The molecule has 0 fully saturated rings. The van der Waals surface area contributed by atoms with Crippen LogP contribution in [0.3, 0.4) is 0 Å². The molecule has 8 heteroatoms. The van der Waals surface area contributed by atoms with E-state index in [0.29, 0.717) is 17.7 Å². The molecule has 3 aromatic carbocycles. The van der Waals surface area contributed by atoms with Crippen LogP contribution in [0.5, 0.6) is 5.75 Å². The van der Waals surface area contributed by atoms with E-state index in [1.165, 1.54) is 12.1 Å². The Kier molecular flexibility index (Phi) is 5.97. The average Bonchev–Trinajstić information content (AvgIpc) is 2.70. The molecular formula is C21H23NO5S2. The van der Waals surface area contributed by atoms with E-state index in [0.717, 1.165) is 17.0 Å². The van der Waals surface area contributed by atoms with Crippen LogP contribution in [-0.4, -0.2) is 30.2 Å². The predicted molar refractivity (Wildman–Crippen MR) is 113 cm³/mol. The smallest absolute Gasteiger partial charge is 0.241 e. The van der Waals surface area contributed by atoms with E-state index in [9.17, 15) is 16.8 Å². The molecule has 0 unspecified atom stereocenters. The fraction of sp³-hybridized carbons (Fsp3) is 0.238. The van der Waals surface area contributed by atoms with Gasteiger partial charge in [0.2, 0.25) is 10.0 Å². The van der Waals surface area contributed by atoms with Crippen molar-refractivity contribution < 1.29 is 21.6 Å². The van der Waals surface area contributed by atoms with Gasteiger partial charge in [-0.1, -0.05) is 31.2 Å². The van der Waals surface area contributed by atoms with Crippen molar-refractivity contribution in [3.63, 3.8) is 0 Å². The molecule has 0 aromatic heterocycles. The van der Waals surface area contributed by atoms with Gasteiger partial charge < -0.3 is 4.74 Å². The molecule has 0 aliphatic rings. The Morgan fingerprint density at radius 2 is 1.45 bits per heavy atom. The van der Waals surface area contributed by atoms with E-state index in [-0.39, 0.29) is 9.79 Å². The molecule has 29 heavy (non-hydrogen) atoms. The summed E-state index contributed by atoms with van der Waals surface area (Å²) in [5.41, 5.74) is 0.703. The van der Waals surface area contributed by atoms with Crippen LogP contribution in [0.25, 0.3) is 10.8 Å². The SMILES string of the molecule is CC[C@@H](NS(=O)(=O)c1ccc2cc(OC)ccc2c1)c1ccc(S(C)(=O)=O)cc1.